The smallest absolute Gasteiger partial charge is 0.200 e. The van der Waals surface area contributed by atoms with Crippen molar-refractivity contribution in [1.29, 1.82) is 0 Å². The molecule has 2 aromatic carbocycles. The first kappa shape index (κ1) is 27.0. The molecule has 5 rings (SSSR count). The number of aryl methyl sites for hydroxylation is 1. The van der Waals surface area contributed by atoms with Gasteiger partial charge in [0.05, 0.1) is 5.56 Å². The number of aromatic nitrogens is 2. The first-order valence-electron chi connectivity index (χ1n) is 12.9. The summed E-state index contributed by atoms with van der Waals surface area (Å²) in [7, 11) is 0. The van der Waals surface area contributed by atoms with Crippen molar-refractivity contribution in [2.75, 3.05) is 18.9 Å². The van der Waals surface area contributed by atoms with Gasteiger partial charge in [0.2, 0.25) is 0 Å². The maximum absolute atomic E-state index is 15.1. The summed E-state index contributed by atoms with van der Waals surface area (Å²) in [5.41, 5.74) is 9.28. The zero-order chi connectivity index (χ0) is 27.5. The molecule has 8 heteroatoms. The average Bonchev–Trinajstić information content (AvgIpc) is 2.92. The summed E-state index contributed by atoms with van der Waals surface area (Å²) in [5.74, 6) is -0.265. The molecule has 0 saturated carbocycles. The molecular weight excluding hydrogens is 561 g/mol. The molecule has 3 heterocycles. The first-order chi connectivity index (χ1) is 18.8. The minimum Gasteiger partial charge on any atom is -0.383 e. The number of anilines is 1. The molecule has 200 valence electrons. The van der Waals surface area contributed by atoms with Crippen LogP contribution in [-0.4, -0.2) is 28.5 Å². The van der Waals surface area contributed by atoms with Gasteiger partial charge in [-0.1, -0.05) is 42.0 Å². The number of halogens is 2. The molecule has 0 amide bonds. The van der Waals surface area contributed by atoms with Crippen molar-refractivity contribution in [2.45, 2.75) is 32.7 Å². The number of nitrogen functional groups attached to an aromatic ring is 1. The van der Waals surface area contributed by atoms with Gasteiger partial charge in [0.25, 0.3) is 0 Å². The maximum Gasteiger partial charge on any atom is 0.200 e. The van der Waals surface area contributed by atoms with E-state index in [1.165, 1.54) is 6.07 Å². The molecule has 0 unspecified atom stereocenters. The van der Waals surface area contributed by atoms with Crippen LogP contribution >= 0.6 is 15.9 Å². The summed E-state index contributed by atoms with van der Waals surface area (Å²) in [4.78, 5) is 31.1. The number of Topliss-reactive ketones (excluding diaryl/α,β-unsaturated/α-hetero) is 1. The number of carbonyl (C=O) groups is 1. The number of carbonyl (C=O) groups excluding carboxylic acids is 1. The van der Waals surface area contributed by atoms with Gasteiger partial charge >= 0.3 is 0 Å². The van der Waals surface area contributed by atoms with Crippen LogP contribution in [0.3, 0.4) is 0 Å². The van der Waals surface area contributed by atoms with Gasteiger partial charge in [0.1, 0.15) is 11.6 Å². The predicted octanol–water partition coefficient (Wildman–Crippen LogP) is 6.22. The number of ketones is 1. The van der Waals surface area contributed by atoms with E-state index in [-0.39, 0.29) is 34.6 Å². The number of nitrogens with zero attached hydrogens (tertiary/aromatic N) is 2. The van der Waals surface area contributed by atoms with Gasteiger partial charge < -0.3 is 15.0 Å². The Kier molecular flexibility index (Phi) is 8.04. The Morgan fingerprint density at radius 1 is 1.08 bits per heavy atom. The third-order valence-corrected chi connectivity index (χ3v) is 7.56. The van der Waals surface area contributed by atoms with Crippen LogP contribution in [0.2, 0.25) is 0 Å². The number of ether oxygens (including phenoxy) is 1. The predicted molar refractivity (Wildman–Crippen MR) is 154 cm³/mol. The van der Waals surface area contributed by atoms with Crippen molar-refractivity contribution < 1.29 is 13.9 Å². The van der Waals surface area contributed by atoms with Gasteiger partial charge in [-0.25, -0.2) is 9.37 Å². The van der Waals surface area contributed by atoms with Gasteiger partial charge in [-0.15, -0.1) is 0 Å². The number of pyridine rings is 2. The van der Waals surface area contributed by atoms with E-state index in [2.05, 4.69) is 20.9 Å². The van der Waals surface area contributed by atoms with Crippen LogP contribution in [0.5, 0.6) is 0 Å². The standard InChI is InChI=1S/C31H29BrFN3O3/c1-19-2-5-22(6-3-19)26-17-36(16-20-8-10-39-11-9-20)18-27(30(26)38)29(37)13-21-4-7-24(28(33)12-21)25-14-23(32)15-35-31(25)34/h2-7,12,14-15,17-18,20H,8-11,13,16H2,1H3,(H2,34,35). The van der Waals surface area contributed by atoms with Crippen molar-refractivity contribution in [3.05, 3.63) is 104 Å². The zero-order valence-electron chi connectivity index (χ0n) is 21.6. The largest absolute Gasteiger partial charge is 0.383 e. The number of hydrogen-bond donors (Lipinski definition) is 1. The van der Waals surface area contributed by atoms with Crippen LogP contribution in [0.25, 0.3) is 22.3 Å². The highest BCUT2D eigenvalue weighted by atomic mass is 79.9. The minimum atomic E-state index is -0.516. The third-order valence-electron chi connectivity index (χ3n) is 7.13. The topological polar surface area (TPSA) is 87.2 Å². The fourth-order valence-corrected chi connectivity index (χ4v) is 5.27. The molecular formula is C31H29BrFN3O3. The highest BCUT2D eigenvalue weighted by molar-refractivity contribution is 9.10. The third kappa shape index (κ3) is 6.18. The van der Waals surface area contributed by atoms with Crippen molar-refractivity contribution in [1.82, 2.24) is 9.55 Å². The first-order valence-corrected chi connectivity index (χ1v) is 13.7. The Labute approximate surface area is 234 Å². The van der Waals surface area contributed by atoms with Crippen molar-refractivity contribution in [3.8, 4) is 22.3 Å². The molecule has 0 aliphatic carbocycles. The molecule has 4 aromatic rings. The monoisotopic (exact) mass is 589 g/mol. The van der Waals surface area contributed by atoms with Gasteiger partial charge in [-0.3, -0.25) is 9.59 Å². The molecule has 2 aromatic heterocycles. The fourth-order valence-electron chi connectivity index (χ4n) is 4.93. The maximum atomic E-state index is 15.1. The summed E-state index contributed by atoms with van der Waals surface area (Å²) in [5, 5.41) is 0. The van der Waals surface area contributed by atoms with E-state index in [0.29, 0.717) is 46.8 Å². The van der Waals surface area contributed by atoms with Gasteiger partial charge in [0.15, 0.2) is 11.2 Å². The van der Waals surface area contributed by atoms with Crippen molar-refractivity contribution >= 4 is 27.5 Å². The summed E-state index contributed by atoms with van der Waals surface area (Å²) in [6.07, 6.45) is 6.79. The number of rotatable bonds is 7. The highest BCUT2D eigenvalue weighted by Gasteiger charge is 2.20. The van der Waals surface area contributed by atoms with E-state index in [1.807, 2.05) is 42.0 Å². The molecule has 1 fully saturated rings. The summed E-state index contributed by atoms with van der Waals surface area (Å²) in [6.45, 7) is 4.10. The molecule has 0 atom stereocenters. The molecule has 2 N–H and O–H groups in total. The van der Waals surface area contributed by atoms with E-state index in [1.54, 1.807) is 30.6 Å². The van der Waals surface area contributed by atoms with Crippen LogP contribution in [-0.2, 0) is 17.7 Å². The molecule has 0 radical (unpaired) electrons. The Morgan fingerprint density at radius 2 is 1.82 bits per heavy atom. The van der Waals surface area contributed by atoms with E-state index in [0.717, 1.165) is 24.0 Å². The molecule has 1 saturated heterocycles. The molecule has 0 bridgehead atoms. The lowest BCUT2D eigenvalue weighted by atomic mass is 9.96. The molecule has 6 nitrogen and oxygen atoms in total. The lowest BCUT2D eigenvalue weighted by molar-refractivity contribution is 0.0612. The Hall–Kier alpha value is -3.62. The lowest BCUT2D eigenvalue weighted by Gasteiger charge is -2.23. The van der Waals surface area contributed by atoms with Crippen molar-refractivity contribution in [2.24, 2.45) is 5.92 Å². The van der Waals surface area contributed by atoms with Crippen LogP contribution < -0.4 is 11.2 Å². The van der Waals surface area contributed by atoms with Crippen LogP contribution in [0.4, 0.5) is 10.2 Å². The second-order valence-corrected chi connectivity index (χ2v) is 10.9. The van der Waals surface area contributed by atoms with Gasteiger partial charge in [-0.05, 0) is 64.9 Å². The Bertz CT molecular complexity index is 1580. The summed E-state index contributed by atoms with van der Waals surface area (Å²) in [6, 6.07) is 14.0. The minimum absolute atomic E-state index is 0.102. The van der Waals surface area contributed by atoms with E-state index in [4.69, 9.17) is 10.5 Å². The van der Waals surface area contributed by atoms with Crippen LogP contribution in [0, 0.1) is 18.7 Å². The van der Waals surface area contributed by atoms with Crippen molar-refractivity contribution in [3.63, 3.8) is 0 Å². The van der Waals surface area contributed by atoms with Gasteiger partial charge in [-0.2, -0.15) is 0 Å². The van der Waals surface area contributed by atoms with Crippen LogP contribution in [0.1, 0.15) is 34.3 Å². The normalized spacial score (nSPS) is 13.9. The molecule has 1 aliphatic heterocycles. The summed E-state index contributed by atoms with van der Waals surface area (Å²) >= 11 is 3.34. The van der Waals surface area contributed by atoms with E-state index < -0.39 is 5.82 Å². The highest BCUT2D eigenvalue weighted by Crippen LogP contribution is 2.30. The average molecular weight is 590 g/mol. The van der Waals surface area contributed by atoms with E-state index in [9.17, 15) is 9.59 Å². The van der Waals surface area contributed by atoms with Gasteiger partial charge in [0, 0.05) is 65.9 Å². The Morgan fingerprint density at radius 3 is 2.54 bits per heavy atom. The fraction of sp³-hybridized carbons (Fsp3) is 0.258. The zero-order valence-corrected chi connectivity index (χ0v) is 23.2. The number of benzene rings is 2. The number of hydrogen-bond acceptors (Lipinski definition) is 5. The Balaban J connectivity index is 1.47. The molecule has 1 aliphatic rings. The number of nitrogens with two attached hydrogens (primary N) is 1. The molecule has 39 heavy (non-hydrogen) atoms. The summed E-state index contributed by atoms with van der Waals surface area (Å²) < 4.78 is 23.3. The quantitative estimate of drug-likeness (QED) is 0.258. The SMILES string of the molecule is Cc1ccc(-c2cn(CC3CCOCC3)cc(C(=O)Cc3ccc(-c4cc(Br)cnc4N)c(F)c3)c2=O)cc1. The second-order valence-electron chi connectivity index (χ2n) is 10.0. The lowest BCUT2D eigenvalue weighted by Crippen LogP contribution is -2.25. The second kappa shape index (κ2) is 11.6. The van der Waals surface area contributed by atoms with E-state index >= 15 is 4.39 Å². The molecule has 0 spiro atoms. The van der Waals surface area contributed by atoms with Crippen LogP contribution in [0.15, 0.2) is 76.4 Å².